The summed E-state index contributed by atoms with van der Waals surface area (Å²) in [4.78, 5) is 0. The van der Waals surface area contributed by atoms with Crippen LogP contribution < -0.4 is 0 Å². The topological polar surface area (TPSA) is 36.1 Å². The van der Waals surface area contributed by atoms with Gasteiger partial charge < -0.3 is 18.0 Å². The van der Waals surface area contributed by atoms with Crippen LogP contribution in [0.4, 0.5) is 0 Å². The van der Waals surface area contributed by atoms with E-state index in [9.17, 15) is 0 Å². The highest BCUT2D eigenvalue weighted by Gasteiger charge is 2.17. The summed E-state index contributed by atoms with van der Waals surface area (Å²) in [5.74, 6) is 0. The number of benzene rings is 8. The molecule has 0 aliphatic rings. The van der Waals surface area contributed by atoms with E-state index in [1.54, 1.807) is 0 Å². The molecule has 4 nitrogen and oxygen atoms in total. The average molecular weight is 665 g/mol. The predicted molar refractivity (Wildman–Crippen MR) is 215 cm³/mol. The molecule has 0 aliphatic carbocycles. The second-order valence-electron chi connectivity index (χ2n) is 13.7. The first-order valence-electron chi connectivity index (χ1n) is 17.7. The van der Waals surface area contributed by atoms with Crippen molar-refractivity contribution < 1.29 is 8.83 Å². The maximum absolute atomic E-state index is 6.49. The van der Waals surface area contributed by atoms with Crippen molar-refractivity contribution in [3.05, 3.63) is 170 Å². The number of furan rings is 2. The first-order chi connectivity index (χ1) is 25.8. The summed E-state index contributed by atoms with van der Waals surface area (Å²) in [5.41, 5.74) is 12.7. The van der Waals surface area contributed by atoms with Crippen molar-refractivity contribution in [2.45, 2.75) is 0 Å². The second kappa shape index (κ2) is 10.3. The molecule has 242 valence electrons. The molecule has 0 atom stereocenters. The van der Waals surface area contributed by atoms with Gasteiger partial charge in [0, 0.05) is 66.6 Å². The first-order valence-corrected chi connectivity index (χ1v) is 17.7. The molecule has 0 fully saturated rings. The summed E-state index contributed by atoms with van der Waals surface area (Å²) in [6.07, 6.45) is 0. The summed E-state index contributed by atoms with van der Waals surface area (Å²) < 4.78 is 17.6. The Labute approximate surface area is 296 Å². The molecule has 4 aromatic heterocycles. The fraction of sp³-hybridized carbons (Fsp3) is 0. The molecule has 0 N–H and O–H groups in total. The lowest BCUT2D eigenvalue weighted by molar-refractivity contribution is 0.668. The molecule has 0 spiro atoms. The number of fused-ring (bicyclic) bond motifs is 12. The lowest BCUT2D eigenvalue weighted by Gasteiger charge is -2.07. The van der Waals surface area contributed by atoms with E-state index in [1.165, 1.54) is 43.6 Å². The van der Waals surface area contributed by atoms with E-state index in [0.29, 0.717) is 0 Å². The number of aromatic nitrogens is 2. The quantitative estimate of drug-likeness (QED) is 0.188. The Morgan fingerprint density at radius 3 is 1.02 bits per heavy atom. The van der Waals surface area contributed by atoms with Crippen molar-refractivity contribution >= 4 is 87.5 Å². The van der Waals surface area contributed by atoms with Crippen LogP contribution in [0.2, 0.25) is 0 Å². The molecule has 0 amide bonds. The van der Waals surface area contributed by atoms with Gasteiger partial charge in [-0.25, -0.2) is 0 Å². The van der Waals surface area contributed by atoms with Crippen molar-refractivity contribution in [3.63, 3.8) is 0 Å². The van der Waals surface area contributed by atoms with Gasteiger partial charge in [-0.3, -0.25) is 0 Å². The molecule has 52 heavy (non-hydrogen) atoms. The van der Waals surface area contributed by atoms with Gasteiger partial charge in [0.1, 0.15) is 22.3 Å². The van der Waals surface area contributed by atoms with E-state index in [-0.39, 0.29) is 0 Å². The minimum atomic E-state index is 0.877. The van der Waals surface area contributed by atoms with Crippen LogP contribution in [0, 0.1) is 0 Å². The van der Waals surface area contributed by atoms with Gasteiger partial charge in [-0.15, -0.1) is 0 Å². The zero-order chi connectivity index (χ0) is 33.9. The van der Waals surface area contributed by atoms with E-state index >= 15 is 0 Å². The molecular formula is C48H28N2O2. The summed E-state index contributed by atoms with van der Waals surface area (Å²) >= 11 is 0. The highest BCUT2D eigenvalue weighted by molar-refractivity contribution is 6.12. The standard InChI is InChI=1S/C48H28N2O2/c1-5-13-41-33(9-1)34-10-2-6-14-42(34)49(41)31-19-21-37-39-25-29(17-23-45(39)51-47(37)27-31)30-18-24-46-40(26-30)38-22-20-32(28-48(38)52-46)50-43-15-7-3-11-35(43)36-12-4-8-16-44(36)50/h1-28H. The van der Waals surface area contributed by atoms with Crippen LogP contribution in [-0.4, -0.2) is 9.13 Å². The van der Waals surface area contributed by atoms with Crippen molar-refractivity contribution in [2.75, 3.05) is 0 Å². The summed E-state index contributed by atoms with van der Waals surface area (Å²) in [6.45, 7) is 0. The second-order valence-corrected chi connectivity index (χ2v) is 13.7. The monoisotopic (exact) mass is 664 g/mol. The van der Waals surface area contributed by atoms with E-state index in [1.807, 2.05) is 0 Å². The number of rotatable bonds is 3. The smallest absolute Gasteiger partial charge is 0.137 e. The largest absolute Gasteiger partial charge is 0.456 e. The van der Waals surface area contributed by atoms with Gasteiger partial charge in [-0.1, -0.05) is 84.9 Å². The van der Waals surface area contributed by atoms with Crippen molar-refractivity contribution in [2.24, 2.45) is 0 Å². The first kappa shape index (κ1) is 27.7. The Hall–Kier alpha value is -7.04. The van der Waals surface area contributed by atoms with Crippen LogP contribution >= 0.6 is 0 Å². The zero-order valence-corrected chi connectivity index (χ0v) is 27.9. The SMILES string of the molecule is c1ccc2c(c1)c1ccccc1n2-c1ccc2c(c1)oc1ccc(-c3ccc4oc5cc(-n6c7ccccc7c7ccccc76)ccc5c4c3)cc12. The van der Waals surface area contributed by atoms with Crippen LogP contribution in [0.25, 0.3) is 110 Å². The van der Waals surface area contributed by atoms with Gasteiger partial charge in [0.25, 0.3) is 0 Å². The van der Waals surface area contributed by atoms with E-state index in [2.05, 4.69) is 179 Å². The van der Waals surface area contributed by atoms with Gasteiger partial charge in [-0.05, 0) is 83.9 Å². The van der Waals surface area contributed by atoms with Gasteiger partial charge in [0.15, 0.2) is 0 Å². The van der Waals surface area contributed by atoms with Crippen LogP contribution in [0.15, 0.2) is 179 Å². The predicted octanol–water partition coefficient (Wildman–Crippen LogP) is 13.3. The molecule has 0 bridgehead atoms. The molecule has 4 heterocycles. The molecule has 0 unspecified atom stereocenters. The van der Waals surface area contributed by atoms with Crippen LogP contribution in [0.3, 0.4) is 0 Å². The molecule has 4 heteroatoms. The van der Waals surface area contributed by atoms with Gasteiger partial charge in [0.05, 0.1) is 22.1 Å². The third-order valence-corrected chi connectivity index (χ3v) is 10.9. The van der Waals surface area contributed by atoms with Gasteiger partial charge in [-0.2, -0.15) is 0 Å². The van der Waals surface area contributed by atoms with Crippen molar-refractivity contribution in [1.82, 2.24) is 9.13 Å². The summed E-state index contributed by atoms with van der Waals surface area (Å²) in [5, 5.41) is 9.42. The Balaban J connectivity index is 0.960. The number of hydrogen-bond donors (Lipinski definition) is 0. The molecule has 0 radical (unpaired) electrons. The van der Waals surface area contributed by atoms with Gasteiger partial charge >= 0.3 is 0 Å². The van der Waals surface area contributed by atoms with E-state index in [4.69, 9.17) is 8.83 Å². The fourth-order valence-corrected chi connectivity index (χ4v) is 8.57. The summed E-state index contributed by atoms with van der Waals surface area (Å²) in [6, 6.07) is 60.6. The Bertz CT molecular complexity index is 3090. The average Bonchev–Trinajstić information content (AvgIpc) is 3.94. The molecule has 8 aromatic carbocycles. The van der Waals surface area contributed by atoms with Crippen LogP contribution in [0.5, 0.6) is 0 Å². The Morgan fingerprint density at radius 1 is 0.269 bits per heavy atom. The van der Waals surface area contributed by atoms with Crippen molar-refractivity contribution in [3.8, 4) is 22.5 Å². The minimum Gasteiger partial charge on any atom is -0.456 e. The maximum Gasteiger partial charge on any atom is 0.137 e. The zero-order valence-electron chi connectivity index (χ0n) is 27.9. The Morgan fingerprint density at radius 2 is 0.635 bits per heavy atom. The molecule has 12 aromatic rings. The van der Waals surface area contributed by atoms with E-state index in [0.717, 1.165) is 66.4 Å². The molecular weight excluding hydrogens is 637 g/mol. The molecule has 0 saturated heterocycles. The van der Waals surface area contributed by atoms with E-state index < -0.39 is 0 Å². The molecule has 0 saturated carbocycles. The highest BCUT2D eigenvalue weighted by Crippen LogP contribution is 2.39. The summed E-state index contributed by atoms with van der Waals surface area (Å²) in [7, 11) is 0. The van der Waals surface area contributed by atoms with Crippen molar-refractivity contribution in [1.29, 1.82) is 0 Å². The maximum atomic E-state index is 6.49. The third-order valence-electron chi connectivity index (χ3n) is 10.9. The van der Waals surface area contributed by atoms with Gasteiger partial charge in [0.2, 0.25) is 0 Å². The normalized spacial score (nSPS) is 12.2. The molecule has 0 aliphatic heterocycles. The number of para-hydroxylation sites is 4. The minimum absolute atomic E-state index is 0.877. The number of hydrogen-bond acceptors (Lipinski definition) is 2. The molecule has 12 rings (SSSR count). The number of nitrogens with zero attached hydrogens (tertiary/aromatic N) is 2. The third kappa shape index (κ3) is 3.81. The lowest BCUT2D eigenvalue weighted by atomic mass is 10.0. The highest BCUT2D eigenvalue weighted by atomic mass is 16.3. The van der Waals surface area contributed by atoms with Crippen LogP contribution in [-0.2, 0) is 0 Å². The fourth-order valence-electron chi connectivity index (χ4n) is 8.57. The lowest BCUT2D eigenvalue weighted by Crippen LogP contribution is -1.93. The van der Waals surface area contributed by atoms with Crippen LogP contribution in [0.1, 0.15) is 0 Å². The Kier molecular flexibility index (Phi) is 5.47.